The number of carbonyl (C=O) groups excluding carboxylic acids is 1. The lowest BCUT2D eigenvalue weighted by Crippen LogP contribution is -2.06. The Bertz CT molecular complexity index is 377. The summed E-state index contributed by atoms with van der Waals surface area (Å²) < 4.78 is 5.14. The third-order valence-corrected chi connectivity index (χ3v) is 1.97. The second-order valence-corrected chi connectivity index (χ2v) is 3.18. The van der Waals surface area contributed by atoms with Gasteiger partial charge in [-0.15, -0.1) is 0 Å². The maximum atomic E-state index is 11.2. The summed E-state index contributed by atoms with van der Waals surface area (Å²) in [5.41, 5.74) is 2.01. The van der Waals surface area contributed by atoms with Crippen LogP contribution in [-0.2, 0) is 4.79 Å². The van der Waals surface area contributed by atoms with E-state index >= 15 is 0 Å². The van der Waals surface area contributed by atoms with E-state index in [1.54, 1.807) is 0 Å². The van der Waals surface area contributed by atoms with Crippen LogP contribution in [0.2, 0.25) is 0 Å². The van der Waals surface area contributed by atoms with Crippen molar-refractivity contribution in [2.24, 2.45) is 0 Å². The van der Waals surface area contributed by atoms with Crippen molar-refractivity contribution in [1.29, 1.82) is 0 Å². The van der Waals surface area contributed by atoms with Crippen LogP contribution in [0.15, 0.2) is 29.8 Å². The summed E-state index contributed by atoms with van der Waals surface area (Å²) in [5.74, 6) is 0.475. The first kappa shape index (κ1) is 8.05. The van der Waals surface area contributed by atoms with E-state index in [4.69, 9.17) is 4.74 Å². The maximum Gasteiger partial charge on any atom is 0.315 e. The molecule has 2 rings (SSSR count). The molecule has 1 aromatic carbocycles. The van der Waals surface area contributed by atoms with E-state index in [-0.39, 0.29) is 5.97 Å². The Morgan fingerprint density at radius 2 is 2.08 bits per heavy atom. The van der Waals surface area contributed by atoms with Gasteiger partial charge in [-0.05, 0) is 13.0 Å². The zero-order valence-electron chi connectivity index (χ0n) is 7.41. The molecular weight excluding hydrogens is 164 g/mol. The van der Waals surface area contributed by atoms with E-state index < -0.39 is 0 Å². The van der Waals surface area contributed by atoms with Gasteiger partial charge in [-0.2, -0.15) is 0 Å². The summed E-state index contributed by atoms with van der Waals surface area (Å²) in [6.45, 7) is 1.93. The lowest BCUT2D eigenvalue weighted by atomic mass is 10.1. The van der Waals surface area contributed by atoms with Crippen molar-refractivity contribution in [3.8, 4) is 5.75 Å². The largest absolute Gasteiger partial charge is 0.426 e. The molecule has 0 saturated carbocycles. The second kappa shape index (κ2) is 3.05. The molecule has 1 aliphatic rings. The smallest absolute Gasteiger partial charge is 0.315 e. The van der Waals surface area contributed by atoms with Crippen molar-refractivity contribution in [3.63, 3.8) is 0 Å². The lowest BCUT2D eigenvalue weighted by molar-refractivity contribution is -0.133. The summed E-state index contributed by atoms with van der Waals surface area (Å²) in [7, 11) is 0. The molecule has 0 aromatic heterocycles. The Morgan fingerprint density at radius 3 is 2.92 bits per heavy atom. The third kappa shape index (κ3) is 1.61. The van der Waals surface area contributed by atoms with E-state index in [1.165, 1.54) is 0 Å². The SMILES string of the molecule is CC1=Cc2ccccc2OC(=O)C1. The fourth-order valence-electron chi connectivity index (χ4n) is 1.40. The number of para-hydroxylation sites is 1. The van der Waals surface area contributed by atoms with Crippen molar-refractivity contribution in [1.82, 2.24) is 0 Å². The summed E-state index contributed by atoms with van der Waals surface area (Å²) in [4.78, 5) is 11.2. The van der Waals surface area contributed by atoms with Crippen LogP contribution in [0.25, 0.3) is 6.08 Å². The normalized spacial score (nSPS) is 15.5. The maximum absolute atomic E-state index is 11.2. The molecule has 0 N–H and O–H groups in total. The number of hydrogen-bond donors (Lipinski definition) is 0. The Balaban J connectivity index is 2.51. The fraction of sp³-hybridized carbons (Fsp3) is 0.182. The number of benzene rings is 1. The monoisotopic (exact) mass is 174 g/mol. The van der Waals surface area contributed by atoms with Gasteiger partial charge in [-0.1, -0.05) is 29.8 Å². The van der Waals surface area contributed by atoms with Crippen LogP contribution in [-0.4, -0.2) is 5.97 Å². The van der Waals surface area contributed by atoms with Crippen LogP contribution in [0.3, 0.4) is 0 Å². The highest BCUT2D eigenvalue weighted by molar-refractivity contribution is 5.80. The summed E-state index contributed by atoms with van der Waals surface area (Å²) in [6, 6.07) is 7.54. The topological polar surface area (TPSA) is 26.3 Å². The van der Waals surface area contributed by atoms with Crippen LogP contribution in [0.4, 0.5) is 0 Å². The van der Waals surface area contributed by atoms with Gasteiger partial charge in [-0.3, -0.25) is 4.79 Å². The molecule has 0 aliphatic carbocycles. The molecule has 2 nitrogen and oxygen atoms in total. The van der Waals surface area contributed by atoms with Gasteiger partial charge in [0.25, 0.3) is 0 Å². The Kier molecular flexibility index (Phi) is 1.89. The molecule has 13 heavy (non-hydrogen) atoms. The minimum Gasteiger partial charge on any atom is -0.426 e. The molecule has 0 amide bonds. The summed E-state index contributed by atoms with van der Waals surface area (Å²) >= 11 is 0. The van der Waals surface area contributed by atoms with Gasteiger partial charge in [0.15, 0.2) is 0 Å². The van der Waals surface area contributed by atoms with E-state index in [2.05, 4.69) is 0 Å². The van der Waals surface area contributed by atoms with Crippen LogP contribution in [0.1, 0.15) is 18.9 Å². The molecule has 0 fully saturated rings. The molecule has 0 radical (unpaired) electrons. The number of carbonyl (C=O) groups is 1. The van der Waals surface area contributed by atoms with Crippen molar-refractivity contribution >= 4 is 12.0 Å². The molecule has 0 spiro atoms. The molecule has 0 bridgehead atoms. The number of hydrogen-bond acceptors (Lipinski definition) is 2. The molecule has 0 saturated heterocycles. The first-order chi connectivity index (χ1) is 6.25. The van der Waals surface area contributed by atoms with Gasteiger partial charge in [0.2, 0.25) is 0 Å². The van der Waals surface area contributed by atoms with Crippen molar-refractivity contribution in [3.05, 3.63) is 35.4 Å². The molecule has 2 heteroatoms. The highest BCUT2D eigenvalue weighted by Gasteiger charge is 2.12. The lowest BCUT2D eigenvalue weighted by Gasteiger charge is -2.02. The Hall–Kier alpha value is -1.57. The highest BCUT2D eigenvalue weighted by atomic mass is 16.5. The van der Waals surface area contributed by atoms with Crippen LogP contribution in [0.5, 0.6) is 5.75 Å². The van der Waals surface area contributed by atoms with Gasteiger partial charge in [0.1, 0.15) is 5.75 Å². The molecule has 0 unspecified atom stereocenters. The Labute approximate surface area is 76.8 Å². The Morgan fingerprint density at radius 1 is 1.31 bits per heavy atom. The number of rotatable bonds is 0. The molecule has 66 valence electrons. The minimum absolute atomic E-state index is 0.182. The number of ether oxygens (including phenoxy) is 1. The highest BCUT2D eigenvalue weighted by Crippen LogP contribution is 2.25. The predicted molar refractivity (Wildman–Crippen MR) is 50.3 cm³/mol. The quantitative estimate of drug-likeness (QED) is 0.446. The standard InChI is InChI=1S/C11H10O2/c1-8-6-9-4-2-3-5-10(9)13-11(12)7-8/h2-6H,7H2,1H3. The van der Waals surface area contributed by atoms with Gasteiger partial charge < -0.3 is 4.74 Å². The molecule has 1 aromatic rings. The number of esters is 1. The van der Waals surface area contributed by atoms with E-state index in [0.29, 0.717) is 12.2 Å². The van der Waals surface area contributed by atoms with E-state index in [1.807, 2.05) is 37.3 Å². The van der Waals surface area contributed by atoms with Gasteiger partial charge in [0.05, 0.1) is 6.42 Å². The van der Waals surface area contributed by atoms with E-state index in [0.717, 1.165) is 11.1 Å². The van der Waals surface area contributed by atoms with Gasteiger partial charge in [-0.25, -0.2) is 0 Å². The van der Waals surface area contributed by atoms with Gasteiger partial charge in [0, 0.05) is 5.56 Å². The molecule has 0 atom stereocenters. The van der Waals surface area contributed by atoms with Crippen LogP contribution in [0, 0.1) is 0 Å². The summed E-state index contributed by atoms with van der Waals surface area (Å²) in [6.07, 6.45) is 2.37. The average Bonchev–Trinajstić information content (AvgIpc) is 2.20. The zero-order chi connectivity index (χ0) is 9.26. The number of fused-ring (bicyclic) bond motifs is 1. The van der Waals surface area contributed by atoms with Crippen LogP contribution < -0.4 is 4.74 Å². The molecule has 1 aliphatic heterocycles. The minimum atomic E-state index is -0.182. The third-order valence-electron chi connectivity index (χ3n) is 1.97. The van der Waals surface area contributed by atoms with Gasteiger partial charge >= 0.3 is 5.97 Å². The van der Waals surface area contributed by atoms with Crippen molar-refractivity contribution in [2.75, 3.05) is 0 Å². The van der Waals surface area contributed by atoms with Crippen LogP contribution >= 0.6 is 0 Å². The van der Waals surface area contributed by atoms with E-state index in [9.17, 15) is 4.79 Å². The molecular formula is C11H10O2. The van der Waals surface area contributed by atoms with Crippen molar-refractivity contribution in [2.45, 2.75) is 13.3 Å². The first-order valence-corrected chi connectivity index (χ1v) is 4.22. The second-order valence-electron chi connectivity index (χ2n) is 3.18. The van der Waals surface area contributed by atoms with Crippen molar-refractivity contribution < 1.29 is 9.53 Å². The predicted octanol–water partition coefficient (Wildman–Crippen LogP) is 2.40. The molecule has 1 heterocycles. The fourth-order valence-corrected chi connectivity index (χ4v) is 1.40. The average molecular weight is 174 g/mol. The zero-order valence-corrected chi connectivity index (χ0v) is 7.41. The summed E-state index contributed by atoms with van der Waals surface area (Å²) in [5, 5.41) is 0. The first-order valence-electron chi connectivity index (χ1n) is 4.22.